The van der Waals surface area contributed by atoms with E-state index in [9.17, 15) is 14.4 Å². The molecule has 0 aromatic carbocycles. The molecule has 1 saturated heterocycles. The van der Waals surface area contributed by atoms with Gasteiger partial charge in [0.2, 0.25) is 11.8 Å². The van der Waals surface area contributed by atoms with E-state index in [1.165, 1.54) is 4.90 Å². The lowest BCUT2D eigenvalue weighted by atomic mass is 10.2. The lowest BCUT2D eigenvalue weighted by molar-refractivity contribution is -0.148. The summed E-state index contributed by atoms with van der Waals surface area (Å²) in [5.41, 5.74) is 0. The van der Waals surface area contributed by atoms with Crippen LogP contribution in [0.25, 0.3) is 0 Å². The number of nitrogens with one attached hydrogen (secondary N) is 1. The van der Waals surface area contributed by atoms with Crippen molar-refractivity contribution in [1.29, 1.82) is 0 Å². The van der Waals surface area contributed by atoms with Gasteiger partial charge in [0.15, 0.2) is 0 Å². The maximum atomic E-state index is 11.9. The number of rotatable bonds is 8. The first-order valence-corrected chi connectivity index (χ1v) is 6.84. The van der Waals surface area contributed by atoms with Gasteiger partial charge in [-0.25, -0.2) is 4.79 Å². The summed E-state index contributed by atoms with van der Waals surface area (Å²) in [6.07, 6.45) is 2.06. The summed E-state index contributed by atoms with van der Waals surface area (Å²) in [7, 11) is 1.59. The van der Waals surface area contributed by atoms with Crippen LogP contribution < -0.4 is 5.32 Å². The topological polar surface area (TPSA) is 95.9 Å². The smallest absolute Gasteiger partial charge is 0.326 e. The van der Waals surface area contributed by atoms with Crippen molar-refractivity contribution in [2.24, 2.45) is 0 Å². The van der Waals surface area contributed by atoms with E-state index in [1.54, 1.807) is 7.11 Å². The van der Waals surface area contributed by atoms with Crippen LogP contribution in [0.4, 0.5) is 0 Å². The standard InChI is InChI=1S/C13H22N2O5/c1-20-9-3-7-14-11(16)5-6-12(17)15-8-2-4-10(15)13(18)19/h10H,2-9H2,1H3,(H,14,16)(H,18,19). The number of carbonyl (C=O) groups excluding carboxylic acids is 2. The molecule has 1 unspecified atom stereocenters. The van der Waals surface area contributed by atoms with Gasteiger partial charge in [0.25, 0.3) is 0 Å². The maximum absolute atomic E-state index is 11.9. The second kappa shape index (κ2) is 8.52. The largest absolute Gasteiger partial charge is 0.480 e. The predicted molar refractivity (Wildman–Crippen MR) is 71.1 cm³/mol. The number of nitrogens with zero attached hydrogens (tertiary/aromatic N) is 1. The average Bonchev–Trinajstić information content (AvgIpc) is 2.90. The van der Waals surface area contributed by atoms with Gasteiger partial charge in [-0.2, -0.15) is 0 Å². The fraction of sp³-hybridized carbons (Fsp3) is 0.769. The number of likely N-dealkylation sites (tertiary alicyclic amines) is 1. The second-order valence-corrected chi connectivity index (χ2v) is 4.78. The highest BCUT2D eigenvalue weighted by atomic mass is 16.5. The van der Waals surface area contributed by atoms with Crippen LogP contribution in [-0.4, -0.2) is 60.6 Å². The summed E-state index contributed by atoms with van der Waals surface area (Å²) in [6.45, 7) is 1.56. The summed E-state index contributed by atoms with van der Waals surface area (Å²) in [6, 6.07) is -0.729. The molecule has 0 saturated carbocycles. The Labute approximate surface area is 118 Å². The monoisotopic (exact) mass is 286 g/mol. The number of amides is 2. The first kappa shape index (κ1) is 16.4. The van der Waals surface area contributed by atoms with Crippen LogP contribution in [0.15, 0.2) is 0 Å². The van der Waals surface area contributed by atoms with Crippen LogP contribution in [0.1, 0.15) is 32.1 Å². The number of methoxy groups -OCH3 is 1. The third kappa shape index (κ3) is 5.16. The molecule has 0 radical (unpaired) electrons. The van der Waals surface area contributed by atoms with E-state index in [4.69, 9.17) is 9.84 Å². The summed E-state index contributed by atoms with van der Waals surface area (Å²) >= 11 is 0. The third-order valence-electron chi connectivity index (χ3n) is 3.27. The number of hydrogen-bond acceptors (Lipinski definition) is 4. The van der Waals surface area contributed by atoms with Crippen LogP contribution in [-0.2, 0) is 19.1 Å². The first-order chi connectivity index (χ1) is 9.56. The molecule has 114 valence electrons. The average molecular weight is 286 g/mol. The van der Waals surface area contributed by atoms with E-state index in [1.807, 2.05) is 0 Å². The Kier molecular flexibility index (Phi) is 7.00. The molecule has 1 aliphatic rings. The molecule has 1 fully saturated rings. The first-order valence-electron chi connectivity index (χ1n) is 6.84. The van der Waals surface area contributed by atoms with Crippen molar-refractivity contribution in [2.75, 3.05) is 26.8 Å². The van der Waals surface area contributed by atoms with E-state index >= 15 is 0 Å². The van der Waals surface area contributed by atoms with Crippen LogP contribution in [0.2, 0.25) is 0 Å². The van der Waals surface area contributed by atoms with Crippen LogP contribution in [0.3, 0.4) is 0 Å². The Hall–Kier alpha value is -1.63. The van der Waals surface area contributed by atoms with Gasteiger partial charge in [-0.3, -0.25) is 9.59 Å². The molecule has 20 heavy (non-hydrogen) atoms. The molecule has 7 heteroatoms. The van der Waals surface area contributed by atoms with Crippen LogP contribution >= 0.6 is 0 Å². The summed E-state index contributed by atoms with van der Waals surface area (Å²) in [4.78, 5) is 35.7. The highest BCUT2D eigenvalue weighted by Crippen LogP contribution is 2.18. The quantitative estimate of drug-likeness (QED) is 0.612. The van der Waals surface area contributed by atoms with Gasteiger partial charge in [-0.15, -0.1) is 0 Å². The Morgan fingerprint density at radius 1 is 1.35 bits per heavy atom. The van der Waals surface area contributed by atoms with E-state index in [-0.39, 0.29) is 24.7 Å². The van der Waals surface area contributed by atoms with Gasteiger partial charge in [-0.1, -0.05) is 0 Å². The lowest BCUT2D eigenvalue weighted by Gasteiger charge is -2.21. The molecule has 7 nitrogen and oxygen atoms in total. The fourth-order valence-corrected chi connectivity index (χ4v) is 2.22. The highest BCUT2D eigenvalue weighted by molar-refractivity contribution is 5.87. The highest BCUT2D eigenvalue weighted by Gasteiger charge is 2.33. The van der Waals surface area contributed by atoms with Crippen molar-refractivity contribution >= 4 is 17.8 Å². The number of carboxylic acid groups (broad SMARTS) is 1. The molecule has 1 aliphatic heterocycles. The molecule has 1 rings (SSSR count). The third-order valence-corrected chi connectivity index (χ3v) is 3.27. The van der Waals surface area contributed by atoms with E-state index in [0.717, 1.165) is 6.42 Å². The Morgan fingerprint density at radius 3 is 2.75 bits per heavy atom. The molecule has 0 aromatic rings. The molecule has 0 aromatic heterocycles. The number of aliphatic carboxylic acids is 1. The SMILES string of the molecule is COCCCNC(=O)CCC(=O)N1CCCC1C(=O)O. The van der Waals surface area contributed by atoms with Crippen molar-refractivity contribution < 1.29 is 24.2 Å². The number of hydrogen-bond donors (Lipinski definition) is 2. The van der Waals surface area contributed by atoms with Crippen molar-refractivity contribution in [3.8, 4) is 0 Å². The van der Waals surface area contributed by atoms with Crippen LogP contribution in [0.5, 0.6) is 0 Å². The molecule has 0 bridgehead atoms. The molecule has 0 spiro atoms. The minimum absolute atomic E-state index is 0.0554. The molecular formula is C13H22N2O5. The maximum Gasteiger partial charge on any atom is 0.326 e. The van der Waals surface area contributed by atoms with Crippen molar-refractivity contribution in [3.63, 3.8) is 0 Å². The second-order valence-electron chi connectivity index (χ2n) is 4.78. The Bertz CT molecular complexity index is 359. The predicted octanol–water partition coefficient (Wildman–Crippen LogP) is -0.00510. The number of carboxylic acids is 1. The number of carbonyl (C=O) groups is 3. The van der Waals surface area contributed by atoms with Gasteiger partial charge in [0, 0.05) is 39.6 Å². The van der Waals surface area contributed by atoms with E-state index in [2.05, 4.69) is 5.32 Å². The van der Waals surface area contributed by atoms with E-state index in [0.29, 0.717) is 32.5 Å². The lowest BCUT2D eigenvalue weighted by Crippen LogP contribution is -2.40. The minimum Gasteiger partial charge on any atom is -0.480 e. The van der Waals surface area contributed by atoms with Crippen LogP contribution in [0, 0.1) is 0 Å². The van der Waals surface area contributed by atoms with Gasteiger partial charge < -0.3 is 20.1 Å². The van der Waals surface area contributed by atoms with Crippen molar-refractivity contribution in [2.45, 2.75) is 38.1 Å². The van der Waals surface area contributed by atoms with Gasteiger partial charge in [0.05, 0.1) is 0 Å². The fourth-order valence-electron chi connectivity index (χ4n) is 2.22. The van der Waals surface area contributed by atoms with Gasteiger partial charge in [-0.05, 0) is 19.3 Å². The Balaban J connectivity index is 2.25. The van der Waals surface area contributed by atoms with Gasteiger partial charge in [0.1, 0.15) is 6.04 Å². The minimum atomic E-state index is -0.972. The number of ether oxygens (including phenoxy) is 1. The Morgan fingerprint density at radius 2 is 2.10 bits per heavy atom. The zero-order valence-electron chi connectivity index (χ0n) is 11.8. The summed E-state index contributed by atoms with van der Waals surface area (Å²) < 4.78 is 4.86. The van der Waals surface area contributed by atoms with Crippen molar-refractivity contribution in [3.05, 3.63) is 0 Å². The molecule has 1 atom stereocenters. The summed E-state index contributed by atoms with van der Waals surface area (Å²) in [5, 5.41) is 11.7. The molecular weight excluding hydrogens is 264 g/mol. The molecule has 2 amide bonds. The zero-order chi connectivity index (χ0) is 15.0. The van der Waals surface area contributed by atoms with Gasteiger partial charge >= 0.3 is 5.97 Å². The molecule has 0 aliphatic carbocycles. The zero-order valence-corrected chi connectivity index (χ0v) is 11.8. The molecule has 1 heterocycles. The van der Waals surface area contributed by atoms with E-state index < -0.39 is 12.0 Å². The molecule has 2 N–H and O–H groups in total. The van der Waals surface area contributed by atoms with Crippen molar-refractivity contribution in [1.82, 2.24) is 10.2 Å². The normalized spacial score (nSPS) is 18.1. The summed E-state index contributed by atoms with van der Waals surface area (Å²) in [5.74, 6) is -1.43.